The normalized spacial score (nSPS) is 14.3. The number of nitrogens with zero attached hydrogens (tertiary/aromatic N) is 2. The Balaban J connectivity index is 0.000000621. The van der Waals surface area contributed by atoms with Crippen LogP contribution in [-0.2, 0) is 14.3 Å². The number of nitrogens with one attached hydrogen (secondary N) is 1. The van der Waals surface area contributed by atoms with E-state index in [2.05, 4.69) is 5.32 Å². The Labute approximate surface area is 120 Å². The van der Waals surface area contributed by atoms with Crippen LogP contribution in [0.25, 0.3) is 0 Å². The van der Waals surface area contributed by atoms with E-state index in [1.807, 2.05) is 13.8 Å². The lowest BCUT2D eigenvalue weighted by molar-refractivity contribution is -0.130. The SMILES string of the molecule is CC(=O)N1CCN(C(=O)OC(C)C)CC1.CNC(C)=O. The fourth-order valence-electron chi connectivity index (χ4n) is 1.48. The zero-order valence-corrected chi connectivity index (χ0v) is 12.9. The van der Waals surface area contributed by atoms with Crippen LogP contribution in [0.5, 0.6) is 0 Å². The van der Waals surface area contributed by atoms with Crippen molar-refractivity contribution >= 4 is 17.9 Å². The molecule has 116 valence electrons. The lowest BCUT2D eigenvalue weighted by atomic mass is 10.3. The Hall–Kier alpha value is -1.79. The summed E-state index contributed by atoms with van der Waals surface area (Å²) in [6.45, 7) is 8.98. The van der Waals surface area contributed by atoms with E-state index in [9.17, 15) is 14.4 Å². The summed E-state index contributed by atoms with van der Waals surface area (Å²) in [6, 6.07) is 0. The van der Waals surface area contributed by atoms with Gasteiger partial charge in [-0.15, -0.1) is 0 Å². The number of hydrogen-bond acceptors (Lipinski definition) is 4. The first-order chi connectivity index (χ1) is 9.27. The molecular weight excluding hydrogens is 262 g/mol. The molecule has 0 aromatic carbocycles. The van der Waals surface area contributed by atoms with Gasteiger partial charge in [0.1, 0.15) is 0 Å². The van der Waals surface area contributed by atoms with Gasteiger partial charge in [0.25, 0.3) is 0 Å². The largest absolute Gasteiger partial charge is 0.447 e. The number of hydrogen-bond donors (Lipinski definition) is 1. The Morgan fingerprint density at radius 1 is 1.00 bits per heavy atom. The molecule has 1 aliphatic heterocycles. The Morgan fingerprint density at radius 2 is 1.40 bits per heavy atom. The molecule has 0 aliphatic carbocycles. The lowest BCUT2D eigenvalue weighted by Gasteiger charge is -2.33. The average Bonchev–Trinajstić information content (AvgIpc) is 2.38. The molecule has 7 nitrogen and oxygen atoms in total. The van der Waals surface area contributed by atoms with Crippen molar-refractivity contribution in [2.24, 2.45) is 0 Å². The van der Waals surface area contributed by atoms with Gasteiger partial charge in [0, 0.05) is 47.1 Å². The van der Waals surface area contributed by atoms with E-state index in [0.29, 0.717) is 26.2 Å². The van der Waals surface area contributed by atoms with Crippen LogP contribution < -0.4 is 5.32 Å². The molecule has 0 radical (unpaired) electrons. The summed E-state index contributed by atoms with van der Waals surface area (Å²) in [6.07, 6.45) is -0.378. The zero-order valence-electron chi connectivity index (χ0n) is 12.9. The van der Waals surface area contributed by atoms with Crippen molar-refractivity contribution in [3.05, 3.63) is 0 Å². The second kappa shape index (κ2) is 9.17. The van der Waals surface area contributed by atoms with Gasteiger partial charge < -0.3 is 19.9 Å². The smallest absolute Gasteiger partial charge is 0.410 e. The number of ether oxygens (including phenoxy) is 1. The molecule has 0 aromatic rings. The van der Waals surface area contributed by atoms with Crippen molar-refractivity contribution in [3.63, 3.8) is 0 Å². The first kappa shape index (κ1) is 18.2. The van der Waals surface area contributed by atoms with E-state index in [1.54, 1.807) is 23.8 Å². The van der Waals surface area contributed by atoms with Crippen molar-refractivity contribution in [2.45, 2.75) is 33.8 Å². The van der Waals surface area contributed by atoms with E-state index in [0.717, 1.165) is 0 Å². The maximum atomic E-state index is 11.5. The van der Waals surface area contributed by atoms with E-state index in [4.69, 9.17) is 4.74 Å². The number of carbonyl (C=O) groups is 3. The molecule has 7 heteroatoms. The van der Waals surface area contributed by atoms with Gasteiger partial charge in [-0.3, -0.25) is 9.59 Å². The van der Waals surface area contributed by atoms with Gasteiger partial charge >= 0.3 is 6.09 Å². The quantitative estimate of drug-likeness (QED) is 0.759. The summed E-state index contributed by atoms with van der Waals surface area (Å²) in [4.78, 5) is 35.6. The van der Waals surface area contributed by atoms with Crippen molar-refractivity contribution in [3.8, 4) is 0 Å². The first-order valence-electron chi connectivity index (χ1n) is 6.67. The molecule has 0 saturated carbocycles. The monoisotopic (exact) mass is 287 g/mol. The molecular formula is C13H25N3O4. The molecule has 0 atom stereocenters. The number of rotatable bonds is 1. The van der Waals surface area contributed by atoms with Gasteiger partial charge in [-0.05, 0) is 13.8 Å². The number of amides is 3. The zero-order chi connectivity index (χ0) is 15.7. The number of piperazine rings is 1. The van der Waals surface area contributed by atoms with Gasteiger partial charge in [0.15, 0.2) is 0 Å². The van der Waals surface area contributed by atoms with Gasteiger partial charge in [-0.25, -0.2) is 4.79 Å². The predicted octanol–water partition coefficient (Wildman–Crippen LogP) is 0.448. The maximum Gasteiger partial charge on any atom is 0.410 e. The molecule has 0 aromatic heterocycles. The highest BCUT2D eigenvalue weighted by Gasteiger charge is 2.23. The highest BCUT2D eigenvalue weighted by molar-refractivity contribution is 5.74. The van der Waals surface area contributed by atoms with Crippen LogP contribution in [0.3, 0.4) is 0 Å². The van der Waals surface area contributed by atoms with Crippen LogP contribution >= 0.6 is 0 Å². The molecule has 1 rings (SSSR count). The van der Waals surface area contributed by atoms with E-state index >= 15 is 0 Å². The van der Waals surface area contributed by atoms with Crippen molar-refractivity contribution in [2.75, 3.05) is 33.2 Å². The van der Waals surface area contributed by atoms with Crippen LogP contribution in [0, 0.1) is 0 Å². The molecule has 3 amide bonds. The Bertz CT molecular complexity index is 337. The second-order valence-electron chi connectivity index (χ2n) is 4.73. The van der Waals surface area contributed by atoms with Crippen LogP contribution in [-0.4, -0.2) is 67.0 Å². The van der Waals surface area contributed by atoms with Gasteiger partial charge in [0.2, 0.25) is 11.8 Å². The summed E-state index contributed by atoms with van der Waals surface area (Å²) in [5.41, 5.74) is 0. The maximum absolute atomic E-state index is 11.5. The van der Waals surface area contributed by atoms with Crippen LogP contribution in [0.2, 0.25) is 0 Å². The fraction of sp³-hybridized carbons (Fsp3) is 0.769. The van der Waals surface area contributed by atoms with E-state index < -0.39 is 0 Å². The summed E-state index contributed by atoms with van der Waals surface area (Å²) < 4.78 is 5.07. The fourth-order valence-corrected chi connectivity index (χ4v) is 1.48. The third kappa shape index (κ3) is 7.60. The van der Waals surface area contributed by atoms with Gasteiger partial charge in [-0.1, -0.05) is 0 Å². The van der Waals surface area contributed by atoms with Crippen molar-refractivity contribution < 1.29 is 19.1 Å². The molecule has 1 N–H and O–H groups in total. The first-order valence-corrected chi connectivity index (χ1v) is 6.67. The van der Waals surface area contributed by atoms with Crippen molar-refractivity contribution in [1.82, 2.24) is 15.1 Å². The lowest BCUT2D eigenvalue weighted by Crippen LogP contribution is -2.50. The molecule has 20 heavy (non-hydrogen) atoms. The third-order valence-corrected chi connectivity index (χ3v) is 2.67. The molecule has 0 bridgehead atoms. The standard InChI is InChI=1S/C10H18N2O3.C3H7NO/c1-8(2)15-10(14)12-6-4-11(5-7-12)9(3)13;1-3(5)4-2/h8H,4-7H2,1-3H3;1-2H3,(H,4,5). The highest BCUT2D eigenvalue weighted by Crippen LogP contribution is 2.05. The molecule has 1 heterocycles. The molecule has 1 saturated heterocycles. The third-order valence-electron chi connectivity index (χ3n) is 2.67. The van der Waals surface area contributed by atoms with E-state index in [1.165, 1.54) is 6.92 Å². The predicted molar refractivity (Wildman–Crippen MR) is 75.2 cm³/mol. The molecule has 0 unspecified atom stereocenters. The molecule has 0 spiro atoms. The summed E-state index contributed by atoms with van der Waals surface area (Å²) in [7, 11) is 1.60. The minimum Gasteiger partial charge on any atom is -0.447 e. The highest BCUT2D eigenvalue weighted by atomic mass is 16.6. The molecule has 1 aliphatic rings. The van der Waals surface area contributed by atoms with Gasteiger partial charge in [-0.2, -0.15) is 0 Å². The minimum absolute atomic E-state index is 0.00463. The van der Waals surface area contributed by atoms with Crippen LogP contribution in [0.1, 0.15) is 27.7 Å². The summed E-state index contributed by atoms with van der Waals surface area (Å²) in [5.74, 6) is 0.0666. The number of carbonyl (C=O) groups excluding carboxylic acids is 3. The average molecular weight is 287 g/mol. The second-order valence-corrected chi connectivity index (χ2v) is 4.73. The van der Waals surface area contributed by atoms with Gasteiger partial charge in [0.05, 0.1) is 6.10 Å². The summed E-state index contributed by atoms with van der Waals surface area (Å²) >= 11 is 0. The van der Waals surface area contributed by atoms with Crippen LogP contribution in [0.4, 0.5) is 4.79 Å². The minimum atomic E-state index is -0.284. The molecule has 1 fully saturated rings. The summed E-state index contributed by atoms with van der Waals surface area (Å²) in [5, 5.41) is 2.39. The van der Waals surface area contributed by atoms with Crippen LogP contribution in [0.15, 0.2) is 0 Å². The topological polar surface area (TPSA) is 79.0 Å². The Kier molecular flexibility index (Phi) is 8.35. The van der Waals surface area contributed by atoms with E-state index in [-0.39, 0.29) is 24.0 Å². The Morgan fingerprint density at radius 3 is 1.70 bits per heavy atom. The van der Waals surface area contributed by atoms with Crippen molar-refractivity contribution in [1.29, 1.82) is 0 Å².